The van der Waals surface area contributed by atoms with Crippen LogP contribution in [0.1, 0.15) is 15.9 Å². The van der Waals surface area contributed by atoms with Crippen LogP contribution in [0.3, 0.4) is 0 Å². The van der Waals surface area contributed by atoms with Gasteiger partial charge < -0.3 is 10.1 Å². The van der Waals surface area contributed by atoms with E-state index in [1.807, 2.05) is 6.07 Å². The van der Waals surface area contributed by atoms with Crippen molar-refractivity contribution in [2.75, 3.05) is 19.4 Å². The van der Waals surface area contributed by atoms with Gasteiger partial charge in [-0.15, -0.1) is 0 Å². The summed E-state index contributed by atoms with van der Waals surface area (Å²) in [5, 5.41) is 2.85. The number of thioether (sulfide) groups is 1. The van der Waals surface area contributed by atoms with E-state index in [4.69, 9.17) is 4.74 Å². The number of rotatable bonds is 7. The van der Waals surface area contributed by atoms with Gasteiger partial charge in [0.1, 0.15) is 11.6 Å². The van der Waals surface area contributed by atoms with Crippen LogP contribution in [0.2, 0.25) is 0 Å². The van der Waals surface area contributed by atoms with E-state index in [-0.39, 0.29) is 11.7 Å². The fourth-order valence-corrected chi connectivity index (χ4v) is 3.21. The molecule has 0 radical (unpaired) electrons. The standard InChI is InChI=1S/C17H17BrFNO2S/c1-22-13-6-7-15(18)14(10-13)17(21)20-8-9-23-11-12-4-2-3-5-16(12)19/h2-7,10H,8-9,11H2,1H3,(H,20,21). The first kappa shape index (κ1) is 17.8. The molecule has 0 aliphatic rings. The van der Waals surface area contributed by atoms with E-state index in [1.165, 1.54) is 6.07 Å². The molecule has 0 spiro atoms. The van der Waals surface area contributed by atoms with Crippen molar-refractivity contribution in [3.05, 3.63) is 63.9 Å². The number of hydrogen-bond acceptors (Lipinski definition) is 3. The highest BCUT2D eigenvalue weighted by atomic mass is 79.9. The Balaban J connectivity index is 1.78. The van der Waals surface area contributed by atoms with Crippen LogP contribution in [0.15, 0.2) is 46.9 Å². The first-order chi connectivity index (χ1) is 11.1. The van der Waals surface area contributed by atoms with Crippen molar-refractivity contribution < 1.29 is 13.9 Å². The molecule has 0 saturated heterocycles. The third-order valence-electron chi connectivity index (χ3n) is 3.17. The van der Waals surface area contributed by atoms with E-state index >= 15 is 0 Å². The fourth-order valence-electron chi connectivity index (χ4n) is 1.93. The molecule has 0 unspecified atom stereocenters. The molecule has 0 fully saturated rings. The number of methoxy groups -OCH3 is 1. The maximum Gasteiger partial charge on any atom is 0.252 e. The first-order valence-corrected chi connectivity index (χ1v) is 8.99. The highest BCUT2D eigenvalue weighted by Gasteiger charge is 2.10. The number of carbonyl (C=O) groups is 1. The van der Waals surface area contributed by atoms with E-state index in [1.54, 1.807) is 49.2 Å². The zero-order chi connectivity index (χ0) is 16.7. The Kier molecular flexibility index (Phi) is 6.92. The van der Waals surface area contributed by atoms with Crippen molar-refractivity contribution in [3.8, 4) is 5.75 Å². The lowest BCUT2D eigenvalue weighted by Gasteiger charge is -2.09. The Labute approximate surface area is 147 Å². The monoisotopic (exact) mass is 397 g/mol. The fraction of sp³-hybridized carbons (Fsp3) is 0.235. The van der Waals surface area contributed by atoms with Crippen LogP contribution in [0.5, 0.6) is 5.75 Å². The molecule has 2 rings (SSSR count). The maximum atomic E-state index is 13.5. The van der Waals surface area contributed by atoms with Crippen LogP contribution in [0.4, 0.5) is 4.39 Å². The third-order valence-corrected chi connectivity index (χ3v) is 4.86. The summed E-state index contributed by atoms with van der Waals surface area (Å²) in [7, 11) is 1.56. The zero-order valence-corrected chi connectivity index (χ0v) is 15.0. The predicted molar refractivity (Wildman–Crippen MR) is 95.6 cm³/mol. The summed E-state index contributed by atoms with van der Waals surface area (Å²) in [6.07, 6.45) is 0. The van der Waals surface area contributed by atoms with Gasteiger partial charge in [-0.25, -0.2) is 4.39 Å². The summed E-state index contributed by atoms with van der Waals surface area (Å²) < 4.78 is 19.3. The Morgan fingerprint density at radius 1 is 1.30 bits per heavy atom. The van der Waals surface area contributed by atoms with E-state index in [0.29, 0.717) is 34.9 Å². The van der Waals surface area contributed by atoms with Crippen molar-refractivity contribution in [2.24, 2.45) is 0 Å². The molecule has 0 bridgehead atoms. The summed E-state index contributed by atoms with van der Waals surface area (Å²) in [5.41, 5.74) is 1.21. The van der Waals surface area contributed by atoms with E-state index in [0.717, 1.165) is 4.47 Å². The lowest BCUT2D eigenvalue weighted by Crippen LogP contribution is -2.26. The van der Waals surface area contributed by atoms with Crippen LogP contribution >= 0.6 is 27.7 Å². The molecule has 0 saturated carbocycles. The van der Waals surface area contributed by atoms with Gasteiger partial charge in [0.2, 0.25) is 0 Å². The van der Waals surface area contributed by atoms with E-state index in [2.05, 4.69) is 21.2 Å². The molecular weight excluding hydrogens is 381 g/mol. The highest BCUT2D eigenvalue weighted by Crippen LogP contribution is 2.22. The van der Waals surface area contributed by atoms with Crippen molar-refractivity contribution in [3.63, 3.8) is 0 Å². The number of benzene rings is 2. The highest BCUT2D eigenvalue weighted by molar-refractivity contribution is 9.10. The van der Waals surface area contributed by atoms with Gasteiger partial charge in [0.15, 0.2) is 0 Å². The van der Waals surface area contributed by atoms with Gasteiger partial charge in [0.05, 0.1) is 12.7 Å². The van der Waals surface area contributed by atoms with Gasteiger partial charge >= 0.3 is 0 Å². The molecule has 3 nitrogen and oxygen atoms in total. The van der Waals surface area contributed by atoms with Gasteiger partial charge in [0.25, 0.3) is 5.91 Å². The van der Waals surface area contributed by atoms with Gasteiger partial charge in [-0.05, 0) is 45.8 Å². The lowest BCUT2D eigenvalue weighted by molar-refractivity contribution is 0.0955. The molecule has 6 heteroatoms. The van der Waals surface area contributed by atoms with Crippen LogP contribution in [-0.4, -0.2) is 25.3 Å². The minimum atomic E-state index is -0.190. The summed E-state index contributed by atoms with van der Waals surface area (Å²) in [4.78, 5) is 12.2. The smallest absolute Gasteiger partial charge is 0.252 e. The van der Waals surface area contributed by atoms with E-state index in [9.17, 15) is 9.18 Å². The number of carbonyl (C=O) groups excluding carboxylic acids is 1. The summed E-state index contributed by atoms with van der Waals surface area (Å²) in [5.74, 6) is 1.58. The van der Waals surface area contributed by atoms with Crippen LogP contribution in [0, 0.1) is 5.82 Å². The molecule has 0 aromatic heterocycles. The van der Waals surface area contributed by atoms with Crippen LogP contribution < -0.4 is 10.1 Å². The number of nitrogens with one attached hydrogen (secondary N) is 1. The summed E-state index contributed by atoms with van der Waals surface area (Å²) >= 11 is 4.94. The Morgan fingerprint density at radius 2 is 2.09 bits per heavy atom. The Bertz CT molecular complexity index is 681. The van der Waals surface area contributed by atoms with Gasteiger partial charge in [-0.2, -0.15) is 11.8 Å². The maximum absolute atomic E-state index is 13.5. The second-order valence-corrected chi connectivity index (χ2v) is 6.71. The Hall–Kier alpha value is -1.53. The van der Waals surface area contributed by atoms with Crippen LogP contribution in [0.25, 0.3) is 0 Å². The predicted octanol–water partition coefficient (Wildman–Crippen LogP) is 4.26. The normalized spacial score (nSPS) is 10.4. The van der Waals surface area contributed by atoms with Gasteiger partial charge in [-0.1, -0.05) is 18.2 Å². The molecule has 2 aromatic rings. The summed E-state index contributed by atoms with van der Waals surface area (Å²) in [6.45, 7) is 0.515. The molecule has 0 aliphatic heterocycles. The van der Waals surface area contributed by atoms with Gasteiger partial charge in [0, 0.05) is 22.5 Å². The van der Waals surface area contributed by atoms with Crippen molar-refractivity contribution in [2.45, 2.75) is 5.75 Å². The molecule has 122 valence electrons. The van der Waals surface area contributed by atoms with Gasteiger partial charge in [-0.3, -0.25) is 4.79 Å². The quantitative estimate of drug-likeness (QED) is 0.709. The number of amides is 1. The number of halogens is 2. The molecule has 1 N–H and O–H groups in total. The molecule has 1 amide bonds. The van der Waals surface area contributed by atoms with Crippen molar-refractivity contribution in [1.29, 1.82) is 0 Å². The SMILES string of the molecule is COc1ccc(Br)c(C(=O)NCCSCc2ccccc2F)c1. The number of ether oxygens (including phenoxy) is 1. The second kappa shape index (κ2) is 8.93. The largest absolute Gasteiger partial charge is 0.497 e. The molecule has 23 heavy (non-hydrogen) atoms. The zero-order valence-electron chi connectivity index (χ0n) is 12.6. The molecule has 0 aliphatic carbocycles. The third kappa shape index (κ3) is 5.25. The average Bonchev–Trinajstić information content (AvgIpc) is 2.56. The lowest BCUT2D eigenvalue weighted by atomic mass is 10.2. The van der Waals surface area contributed by atoms with Crippen molar-refractivity contribution in [1.82, 2.24) is 5.32 Å². The molecule has 0 atom stereocenters. The topological polar surface area (TPSA) is 38.3 Å². The molecular formula is C17H17BrFNO2S. The summed E-state index contributed by atoms with van der Waals surface area (Å²) in [6, 6.07) is 12.0. The molecule has 2 aromatic carbocycles. The van der Waals surface area contributed by atoms with Crippen molar-refractivity contribution >= 4 is 33.6 Å². The minimum Gasteiger partial charge on any atom is -0.497 e. The number of hydrogen-bond donors (Lipinski definition) is 1. The van der Waals surface area contributed by atoms with Crippen LogP contribution in [-0.2, 0) is 5.75 Å². The molecule has 0 heterocycles. The Morgan fingerprint density at radius 3 is 2.83 bits per heavy atom. The second-order valence-electron chi connectivity index (χ2n) is 4.75. The average molecular weight is 398 g/mol. The first-order valence-electron chi connectivity index (χ1n) is 7.04. The van der Waals surface area contributed by atoms with E-state index < -0.39 is 0 Å². The minimum absolute atomic E-state index is 0.165.